The first-order valence-electron chi connectivity index (χ1n) is 10.5. The van der Waals surface area contributed by atoms with Crippen molar-refractivity contribution in [2.75, 3.05) is 39.3 Å². The Morgan fingerprint density at radius 1 is 1.23 bits per heavy atom. The number of aromatic nitrogens is 2. The monoisotopic (exact) mass is 411 g/mol. The summed E-state index contributed by atoms with van der Waals surface area (Å²) in [7, 11) is 0. The van der Waals surface area contributed by atoms with Crippen LogP contribution >= 0.6 is 0 Å². The number of aryl methyl sites for hydroxylation is 1. The number of piperidine rings is 2. The van der Waals surface area contributed by atoms with Gasteiger partial charge in [0, 0.05) is 69.3 Å². The molecule has 4 aliphatic heterocycles. The number of H-pyrrole nitrogens is 1. The lowest BCUT2D eigenvalue weighted by Gasteiger charge is -2.55. The number of nitrogens with zero attached hydrogens (tertiary/aromatic N) is 3. The third kappa shape index (κ3) is 4.11. The van der Waals surface area contributed by atoms with Crippen molar-refractivity contribution < 1.29 is 14.7 Å². The number of hydrogen-bond acceptors (Lipinski definition) is 5. The van der Waals surface area contributed by atoms with Crippen molar-refractivity contribution in [2.45, 2.75) is 24.3 Å². The molecule has 5 heterocycles. The summed E-state index contributed by atoms with van der Waals surface area (Å²) in [5.41, 5.74) is 2.44. The number of hydrogen-bond donors (Lipinski definition) is 3. The second kappa shape index (κ2) is 8.97. The van der Waals surface area contributed by atoms with Crippen molar-refractivity contribution >= 4 is 12.4 Å². The average Bonchev–Trinajstić information content (AvgIpc) is 3.15. The molecule has 3 atom stereocenters. The van der Waals surface area contributed by atoms with Gasteiger partial charge in [-0.1, -0.05) is 30.3 Å². The van der Waals surface area contributed by atoms with E-state index in [2.05, 4.69) is 55.6 Å². The molecule has 4 aliphatic rings. The standard InChI is InChI=1S/C21H27N5O.CH2O2/c27-19(7-6-16-10-22-23-11-16)24-20-17-12-25-8-9-26(13-17)15-21(20,14-25)18-4-2-1-3-5-18;2-1-3/h1-5,10-11,17,20H,6-9,12-15H2,(H,22,23)(H,24,27);1H,(H,2,3). The second-order valence-electron chi connectivity index (χ2n) is 8.51. The Balaban J connectivity index is 0.000000687. The topological polar surface area (TPSA) is 102 Å². The van der Waals surface area contributed by atoms with Crippen molar-refractivity contribution in [3.63, 3.8) is 0 Å². The highest BCUT2D eigenvalue weighted by atomic mass is 16.3. The first-order chi connectivity index (χ1) is 14.6. The van der Waals surface area contributed by atoms with Gasteiger partial charge in [-0.05, 0) is 17.5 Å². The zero-order valence-electron chi connectivity index (χ0n) is 17.0. The number of carbonyl (C=O) groups is 2. The zero-order chi connectivity index (χ0) is 21.0. The molecule has 0 aliphatic carbocycles. The van der Waals surface area contributed by atoms with Crippen LogP contribution in [-0.4, -0.2) is 82.8 Å². The number of fused-ring (bicyclic) bond motifs is 1. The predicted molar refractivity (Wildman–Crippen MR) is 112 cm³/mol. The number of aromatic amines is 1. The molecule has 3 N–H and O–H groups in total. The summed E-state index contributed by atoms with van der Waals surface area (Å²) >= 11 is 0. The third-order valence-corrected chi connectivity index (χ3v) is 6.66. The molecule has 1 aromatic heterocycles. The number of benzene rings is 1. The van der Waals surface area contributed by atoms with Gasteiger partial charge in [-0.25, -0.2) is 0 Å². The molecule has 160 valence electrons. The molecule has 8 nitrogen and oxygen atoms in total. The van der Waals surface area contributed by atoms with Crippen LogP contribution in [-0.2, 0) is 21.4 Å². The molecule has 8 heteroatoms. The lowest BCUT2D eigenvalue weighted by Crippen LogP contribution is -2.70. The first kappa shape index (κ1) is 20.6. The highest BCUT2D eigenvalue weighted by Gasteiger charge is 2.55. The van der Waals surface area contributed by atoms with Crippen LogP contribution in [0.3, 0.4) is 0 Å². The van der Waals surface area contributed by atoms with Gasteiger partial charge in [0.2, 0.25) is 5.91 Å². The lowest BCUT2D eigenvalue weighted by atomic mass is 9.64. The Morgan fingerprint density at radius 2 is 1.90 bits per heavy atom. The lowest BCUT2D eigenvalue weighted by molar-refractivity contribution is -0.124. The molecule has 0 radical (unpaired) electrons. The average molecular weight is 412 g/mol. The third-order valence-electron chi connectivity index (χ3n) is 6.66. The highest BCUT2D eigenvalue weighted by molar-refractivity contribution is 5.77. The van der Waals surface area contributed by atoms with Crippen LogP contribution in [0.5, 0.6) is 0 Å². The molecule has 4 fully saturated rings. The molecule has 3 unspecified atom stereocenters. The summed E-state index contributed by atoms with van der Waals surface area (Å²) in [4.78, 5) is 26.4. The van der Waals surface area contributed by atoms with E-state index >= 15 is 0 Å². The minimum absolute atomic E-state index is 0.00970. The van der Waals surface area contributed by atoms with Crippen LogP contribution in [0, 0.1) is 5.92 Å². The zero-order valence-corrected chi connectivity index (χ0v) is 17.0. The Bertz CT molecular complexity index is 826. The van der Waals surface area contributed by atoms with Crippen LogP contribution in [0.15, 0.2) is 42.7 Å². The van der Waals surface area contributed by atoms with Gasteiger partial charge in [-0.3, -0.25) is 14.7 Å². The van der Waals surface area contributed by atoms with Gasteiger partial charge in [0.05, 0.1) is 6.20 Å². The Hall–Kier alpha value is -2.71. The van der Waals surface area contributed by atoms with E-state index in [1.165, 1.54) is 5.56 Å². The minimum atomic E-state index is -0.250. The van der Waals surface area contributed by atoms with Crippen molar-refractivity contribution in [1.82, 2.24) is 25.3 Å². The summed E-state index contributed by atoms with van der Waals surface area (Å²) in [6.45, 7) is 6.31. The SMILES string of the molecule is O=C(CCc1cn[nH]c1)NC1C2CN3CCN(C2)CC1(c1ccccc1)C3.O=CO. The Kier molecular flexibility index (Phi) is 6.15. The number of nitrogens with one attached hydrogen (secondary N) is 2. The fourth-order valence-electron chi connectivity index (χ4n) is 5.49. The molecule has 1 amide bonds. The van der Waals surface area contributed by atoms with Gasteiger partial charge >= 0.3 is 0 Å². The molecule has 6 rings (SSSR count). The molecular weight excluding hydrogens is 382 g/mol. The summed E-state index contributed by atoms with van der Waals surface area (Å²) in [5, 5.41) is 17.1. The van der Waals surface area contributed by atoms with E-state index in [0.29, 0.717) is 12.3 Å². The molecular formula is C22H29N5O3. The molecule has 4 bridgehead atoms. The van der Waals surface area contributed by atoms with Crippen LogP contribution < -0.4 is 5.32 Å². The molecule has 0 saturated carbocycles. The van der Waals surface area contributed by atoms with E-state index < -0.39 is 0 Å². The van der Waals surface area contributed by atoms with E-state index in [4.69, 9.17) is 9.90 Å². The maximum atomic E-state index is 12.8. The summed E-state index contributed by atoms with van der Waals surface area (Å²) in [6, 6.07) is 11.1. The van der Waals surface area contributed by atoms with E-state index in [1.54, 1.807) is 6.20 Å². The quantitative estimate of drug-likeness (QED) is 0.627. The number of amides is 1. The molecule has 4 saturated heterocycles. The van der Waals surface area contributed by atoms with Gasteiger partial charge in [0.15, 0.2) is 0 Å². The number of rotatable bonds is 5. The Labute approximate surface area is 176 Å². The number of carbonyl (C=O) groups excluding carboxylic acids is 1. The fourth-order valence-corrected chi connectivity index (χ4v) is 5.49. The number of carboxylic acid groups (broad SMARTS) is 1. The second-order valence-corrected chi connectivity index (χ2v) is 8.51. The summed E-state index contributed by atoms with van der Waals surface area (Å²) in [6.07, 6.45) is 4.91. The molecule has 0 spiro atoms. The minimum Gasteiger partial charge on any atom is -0.483 e. The van der Waals surface area contributed by atoms with Gasteiger partial charge < -0.3 is 20.2 Å². The van der Waals surface area contributed by atoms with Crippen LogP contribution in [0.2, 0.25) is 0 Å². The maximum Gasteiger partial charge on any atom is 0.290 e. The summed E-state index contributed by atoms with van der Waals surface area (Å²) < 4.78 is 0. The van der Waals surface area contributed by atoms with E-state index in [0.717, 1.165) is 51.3 Å². The fraction of sp³-hybridized carbons (Fsp3) is 0.500. The van der Waals surface area contributed by atoms with Crippen molar-refractivity contribution in [2.24, 2.45) is 5.92 Å². The van der Waals surface area contributed by atoms with Gasteiger partial charge in [-0.15, -0.1) is 0 Å². The first-order valence-corrected chi connectivity index (χ1v) is 10.5. The van der Waals surface area contributed by atoms with Crippen molar-refractivity contribution in [3.8, 4) is 0 Å². The van der Waals surface area contributed by atoms with Crippen LogP contribution in [0.1, 0.15) is 17.5 Å². The predicted octanol–water partition coefficient (Wildman–Crippen LogP) is 0.727. The normalized spacial score (nSPS) is 31.3. The van der Waals surface area contributed by atoms with E-state index in [9.17, 15) is 4.79 Å². The van der Waals surface area contributed by atoms with Gasteiger partial charge in [-0.2, -0.15) is 5.10 Å². The molecule has 2 aromatic rings. The van der Waals surface area contributed by atoms with Gasteiger partial charge in [0.1, 0.15) is 0 Å². The van der Waals surface area contributed by atoms with Crippen molar-refractivity contribution in [3.05, 3.63) is 53.9 Å². The molecule has 30 heavy (non-hydrogen) atoms. The Morgan fingerprint density at radius 3 is 2.50 bits per heavy atom. The van der Waals surface area contributed by atoms with Crippen LogP contribution in [0.4, 0.5) is 0 Å². The smallest absolute Gasteiger partial charge is 0.290 e. The largest absolute Gasteiger partial charge is 0.483 e. The van der Waals surface area contributed by atoms with Crippen molar-refractivity contribution in [1.29, 1.82) is 0 Å². The maximum absolute atomic E-state index is 12.8. The summed E-state index contributed by atoms with van der Waals surface area (Å²) in [5.74, 6) is 0.653. The molecule has 1 aromatic carbocycles. The van der Waals surface area contributed by atoms with E-state index in [1.807, 2.05) is 6.20 Å². The van der Waals surface area contributed by atoms with Crippen LogP contribution in [0.25, 0.3) is 0 Å². The van der Waals surface area contributed by atoms with E-state index in [-0.39, 0.29) is 23.8 Å². The highest BCUT2D eigenvalue weighted by Crippen LogP contribution is 2.43. The van der Waals surface area contributed by atoms with Gasteiger partial charge in [0.25, 0.3) is 6.47 Å².